The standard InChI is InChI=1S/C22H23N3OS/c26-21-20-17-8-4-5-9-18(17)27-22(20)24-19(23-21)14-25-12-10-16(11-13-25)15-6-2-1-3-7-15/h1-3,6-7,10H,4-5,8-9,11-14H2,(H,23,24,26)/p+1. The van der Waals surface area contributed by atoms with Crippen molar-refractivity contribution in [3.05, 3.63) is 68.6 Å². The molecule has 4 nitrogen and oxygen atoms in total. The molecule has 1 unspecified atom stereocenters. The summed E-state index contributed by atoms with van der Waals surface area (Å²) in [5, 5.41) is 0.860. The van der Waals surface area contributed by atoms with Gasteiger partial charge in [-0.2, -0.15) is 0 Å². The molecule has 1 aliphatic carbocycles. The van der Waals surface area contributed by atoms with Crippen LogP contribution < -0.4 is 10.5 Å². The number of nitrogens with one attached hydrogen (secondary N) is 2. The Bertz CT molecular complexity index is 1060. The molecule has 3 aromatic rings. The predicted octanol–water partition coefficient (Wildman–Crippen LogP) is 2.74. The average Bonchev–Trinajstić information content (AvgIpc) is 3.08. The van der Waals surface area contributed by atoms with Crippen LogP contribution in [0, 0.1) is 0 Å². The van der Waals surface area contributed by atoms with E-state index in [0.29, 0.717) is 0 Å². The van der Waals surface area contributed by atoms with Gasteiger partial charge in [0.2, 0.25) is 0 Å². The van der Waals surface area contributed by atoms with E-state index in [0.717, 1.165) is 54.9 Å². The van der Waals surface area contributed by atoms with Crippen molar-refractivity contribution in [2.75, 3.05) is 13.1 Å². The molecule has 138 valence electrons. The molecule has 0 bridgehead atoms. The highest BCUT2D eigenvalue weighted by Gasteiger charge is 2.22. The third-order valence-electron chi connectivity index (χ3n) is 5.82. The van der Waals surface area contributed by atoms with Crippen molar-refractivity contribution in [3.63, 3.8) is 0 Å². The predicted molar refractivity (Wildman–Crippen MR) is 110 cm³/mol. The van der Waals surface area contributed by atoms with E-state index in [1.54, 1.807) is 11.3 Å². The Labute approximate surface area is 162 Å². The van der Waals surface area contributed by atoms with Crippen LogP contribution in [0.15, 0.2) is 41.2 Å². The zero-order valence-electron chi connectivity index (χ0n) is 15.4. The Balaban J connectivity index is 1.36. The highest BCUT2D eigenvalue weighted by Crippen LogP contribution is 2.33. The van der Waals surface area contributed by atoms with Crippen molar-refractivity contribution in [1.82, 2.24) is 9.97 Å². The molecule has 0 spiro atoms. The molecule has 0 saturated carbocycles. The van der Waals surface area contributed by atoms with Gasteiger partial charge in [-0.3, -0.25) is 4.79 Å². The molecule has 2 N–H and O–H groups in total. The summed E-state index contributed by atoms with van der Waals surface area (Å²) in [7, 11) is 0. The van der Waals surface area contributed by atoms with Gasteiger partial charge in [0, 0.05) is 11.3 Å². The maximum absolute atomic E-state index is 12.7. The average molecular weight is 379 g/mol. The number of hydrogen-bond acceptors (Lipinski definition) is 3. The monoisotopic (exact) mass is 378 g/mol. The van der Waals surface area contributed by atoms with Gasteiger partial charge in [0.05, 0.1) is 18.5 Å². The molecule has 3 heterocycles. The van der Waals surface area contributed by atoms with Crippen molar-refractivity contribution >= 4 is 27.1 Å². The molecule has 27 heavy (non-hydrogen) atoms. The van der Waals surface area contributed by atoms with Crippen LogP contribution in [-0.2, 0) is 19.4 Å². The molecule has 0 saturated heterocycles. The summed E-state index contributed by atoms with van der Waals surface area (Å²) in [6.07, 6.45) is 7.97. The summed E-state index contributed by atoms with van der Waals surface area (Å²) in [6.45, 7) is 2.84. The second-order valence-corrected chi connectivity index (χ2v) is 8.71. The van der Waals surface area contributed by atoms with Crippen LogP contribution in [-0.4, -0.2) is 23.1 Å². The van der Waals surface area contributed by atoms with Crippen LogP contribution in [0.1, 0.15) is 41.1 Å². The summed E-state index contributed by atoms with van der Waals surface area (Å²) in [5.74, 6) is 0.831. The topological polar surface area (TPSA) is 50.2 Å². The second kappa shape index (κ2) is 7.06. The maximum atomic E-state index is 12.7. The quantitative estimate of drug-likeness (QED) is 0.736. The van der Waals surface area contributed by atoms with Crippen LogP contribution in [0.25, 0.3) is 15.8 Å². The smallest absolute Gasteiger partial charge is 0.260 e. The van der Waals surface area contributed by atoms with Crippen LogP contribution in [0.2, 0.25) is 0 Å². The van der Waals surface area contributed by atoms with E-state index < -0.39 is 0 Å². The number of nitrogens with zero attached hydrogens (tertiary/aromatic N) is 1. The minimum Gasteiger partial charge on any atom is -0.325 e. The molecule has 0 fully saturated rings. The molecule has 2 aromatic heterocycles. The Hall–Kier alpha value is -2.24. The van der Waals surface area contributed by atoms with E-state index in [4.69, 9.17) is 4.98 Å². The summed E-state index contributed by atoms with van der Waals surface area (Å²) in [6, 6.07) is 10.6. The Morgan fingerprint density at radius 2 is 1.96 bits per heavy atom. The molecule has 1 aliphatic heterocycles. The first-order chi connectivity index (χ1) is 13.3. The number of fused-ring (bicyclic) bond motifs is 3. The van der Waals surface area contributed by atoms with Gasteiger partial charge >= 0.3 is 0 Å². The summed E-state index contributed by atoms with van der Waals surface area (Å²) in [5.41, 5.74) is 4.09. The van der Waals surface area contributed by atoms with Crippen LogP contribution in [0.4, 0.5) is 0 Å². The highest BCUT2D eigenvalue weighted by molar-refractivity contribution is 7.18. The first-order valence-electron chi connectivity index (χ1n) is 9.89. The molecular formula is C22H24N3OS+. The molecule has 5 heteroatoms. The first-order valence-corrected chi connectivity index (χ1v) is 10.7. The lowest BCUT2D eigenvalue weighted by Crippen LogP contribution is -3.11. The van der Waals surface area contributed by atoms with Crippen molar-refractivity contribution in [1.29, 1.82) is 0 Å². The molecule has 2 aliphatic rings. The molecule has 5 rings (SSSR count). The van der Waals surface area contributed by atoms with Crippen molar-refractivity contribution < 1.29 is 4.90 Å². The van der Waals surface area contributed by atoms with Gasteiger partial charge in [-0.15, -0.1) is 11.3 Å². The van der Waals surface area contributed by atoms with Gasteiger partial charge < -0.3 is 9.88 Å². The number of aromatic amines is 1. The van der Waals surface area contributed by atoms with Gasteiger partial charge in [-0.25, -0.2) is 4.98 Å². The number of rotatable bonds is 3. The largest absolute Gasteiger partial charge is 0.325 e. The van der Waals surface area contributed by atoms with E-state index in [-0.39, 0.29) is 5.56 Å². The minimum atomic E-state index is 0.0614. The fourth-order valence-electron chi connectivity index (χ4n) is 4.39. The molecule has 0 amide bonds. The minimum absolute atomic E-state index is 0.0614. The number of hydrogen-bond donors (Lipinski definition) is 2. The molecule has 1 aromatic carbocycles. The summed E-state index contributed by atoms with van der Waals surface area (Å²) >= 11 is 1.74. The van der Waals surface area contributed by atoms with Gasteiger partial charge in [-0.05, 0) is 48.5 Å². The highest BCUT2D eigenvalue weighted by atomic mass is 32.1. The van der Waals surface area contributed by atoms with Crippen molar-refractivity contribution in [3.8, 4) is 0 Å². The summed E-state index contributed by atoms with van der Waals surface area (Å²) < 4.78 is 0. The lowest BCUT2D eigenvalue weighted by molar-refractivity contribution is -0.909. The SMILES string of the molecule is O=c1[nH]c(C[NH+]2CC=C(c3ccccc3)CC2)nc2sc3c(c12)CCCC3. The third kappa shape index (κ3) is 3.26. The van der Waals surface area contributed by atoms with Crippen molar-refractivity contribution in [2.45, 2.75) is 38.6 Å². The number of thiophene rings is 1. The maximum Gasteiger partial charge on any atom is 0.260 e. The van der Waals surface area contributed by atoms with Crippen LogP contribution in [0.5, 0.6) is 0 Å². The lowest BCUT2D eigenvalue weighted by atomic mass is 9.97. The van der Waals surface area contributed by atoms with E-state index in [1.807, 2.05) is 0 Å². The van der Waals surface area contributed by atoms with Gasteiger partial charge in [0.15, 0.2) is 5.82 Å². The van der Waals surface area contributed by atoms with Gasteiger partial charge in [0.25, 0.3) is 5.56 Å². The first kappa shape index (κ1) is 16.9. The zero-order valence-corrected chi connectivity index (χ0v) is 16.2. The fourth-order valence-corrected chi connectivity index (χ4v) is 5.67. The van der Waals surface area contributed by atoms with E-state index in [2.05, 4.69) is 41.4 Å². The Morgan fingerprint density at radius 3 is 2.78 bits per heavy atom. The normalized spacial score (nSPS) is 19.7. The van der Waals surface area contributed by atoms with E-state index in [1.165, 1.54) is 39.3 Å². The number of H-pyrrole nitrogens is 1. The zero-order chi connectivity index (χ0) is 18.2. The van der Waals surface area contributed by atoms with E-state index >= 15 is 0 Å². The second-order valence-electron chi connectivity index (χ2n) is 7.63. The lowest BCUT2D eigenvalue weighted by Gasteiger charge is -2.23. The molecular weight excluding hydrogens is 354 g/mol. The number of aromatic nitrogens is 2. The van der Waals surface area contributed by atoms with Crippen molar-refractivity contribution in [2.24, 2.45) is 0 Å². The fraction of sp³-hybridized carbons (Fsp3) is 0.364. The van der Waals surface area contributed by atoms with Gasteiger partial charge in [0.1, 0.15) is 11.4 Å². The number of benzene rings is 1. The van der Waals surface area contributed by atoms with Gasteiger partial charge in [-0.1, -0.05) is 30.3 Å². The molecule has 1 atom stereocenters. The third-order valence-corrected chi connectivity index (χ3v) is 7.01. The number of quaternary nitrogens is 1. The van der Waals surface area contributed by atoms with Crippen LogP contribution in [0.3, 0.4) is 0 Å². The Morgan fingerprint density at radius 1 is 1.11 bits per heavy atom. The molecule has 0 radical (unpaired) electrons. The Kier molecular flexibility index (Phi) is 4.42. The van der Waals surface area contributed by atoms with E-state index in [9.17, 15) is 4.79 Å². The number of aryl methyl sites for hydroxylation is 2. The summed E-state index contributed by atoms with van der Waals surface area (Å²) in [4.78, 5) is 24.4. The van der Waals surface area contributed by atoms with Crippen LogP contribution >= 0.6 is 11.3 Å².